The van der Waals surface area contributed by atoms with E-state index < -0.39 is 0 Å². The normalized spacial score (nSPS) is 12.6. The van der Waals surface area contributed by atoms with E-state index in [-0.39, 0.29) is 6.04 Å². The smallest absolute Gasteiger partial charge is 0.0473 e. The van der Waals surface area contributed by atoms with E-state index in [0.717, 1.165) is 19.5 Å². The minimum atomic E-state index is 0.288. The van der Waals surface area contributed by atoms with Gasteiger partial charge in [-0.3, -0.25) is 4.90 Å². The predicted octanol–water partition coefficient (Wildman–Crippen LogP) is 3.60. The van der Waals surface area contributed by atoms with Gasteiger partial charge in [-0.05, 0) is 24.1 Å². The number of hydrogen-bond donors (Lipinski definition) is 1. The molecule has 0 amide bonds. The molecule has 106 valence electrons. The molecule has 0 heterocycles. The molecule has 0 bridgehead atoms. The van der Waals surface area contributed by atoms with Crippen LogP contribution in [0.2, 0.25) is 0 Å². The molecular formula is C18H24N2. The summed E-state index contributed by atoms with van der Waals surface area (Å²) in [5.74, 6) is 0. The highest BCUT2D eigenvalue weighted by Crippen LogP contribution is 2.22. The number of nitrogens with zero attached hydrogens (tertiary/aromatic N) is 1. The van der Waals surface area contributed by atoms with Gasteiger partial charge in [0.05, 0.1) is 0 Å². The standard InChI is InChI=1S/C18H24N2/c1-2-13-20(15-16-9-5-3-6-10-16)18(14-19)17-11-7-4-8-12-17/h3-12,18H,2,13-15,19H2,1H3. The van der Waals surface area contributed by atoms with Gasteiger partial charge in [0.25, 0.3) is 0 Å². The quantitative estimate of drug-likeness (QED) is 0.831. The molecule has 2 rings (SSSR count). The van der Waals surface area contributed by atoms with E-state index in [1.54, 1.807) is 0 Å². The molecule has 2 aromatic carbocycles. The van der Waals surface area contributed by atoms with Crippen molar-refractivity contribution in [2.45, 2.75) is 25.9 Å². The molecule has 0 saturated heterocycles. The number of benzene rings is 2. The summed E-state index contributed by atoms with van der Waals surface area (Å²) in [6.45, 7) is 4.88. The topological polar surface area (TPSA) is 29.3 Å². The van der Waals surface area contributed by atoms with Crippen LogP contribution >= 0.6 is 0 Å². The van der Waals surface area contributed by atoms with Crippen LogP contribution in [0, 0.1) is 0 Å². The first kappa shape index (κ1) is 14.8. The summed E-state index contributed by atoms with van der Waals surface area (Å²) in [6, 6.07) is 21.5. The van der Waals surface area contributed by atoms with Gasteiger partial charge in [0.1, 0.15) is 0 Å². The van der Waals surface area contributed by atoms with Crippen molar-refractivity contribution >= 4 is 0 Å². The van der Waals surface area contributed by atoms with E-state index in [2.05, 4.69) is 72.5 Å². The van der Waals surface area contributed by atoms with Crippen LogP contribution in [0.25, 0.3) is 0 Å². The third-order valence-corrected chi connectivity index (χ3v) is 3.59. The molecule has 2 heteroatoms. The van der Waals surface area contributed by atoms with E-state index in [4.69, 9.17) is 5.73 Å². The molecule has 0 saturated carbocycles. The van der Waals surface area contributed by atoms with Crippen LogP contribution in [0.1, 0.15) is 30.5 Å². The van der Waals surface area contributed by atoms with Crippen LogP contribution in [-0.4, -0.2) is 18.0 Å². The Morgan fingerprint density at radius 2 is 1.55 bits per heavy atom. The third kappa shape index (κ3) is 3.92. The van der Waals surface area contributed by atoms with Crippen molar-refractivity contribution < 1.29 is 0 Å². The molecule has 2 N–H and O–H groups in total. The number of nitrogens with two attached hydrogens (primary N) is 1. The Morgan fingerprint density at radius 3 is 2.10 bits per heavy atom. The minimum absolute atomic E-state index is 0.288. The average molecular weight is 268 g/mol. The Bertz CT molecular complexity index is 481. The van der Waals surface area contributed by atoms with E-state index in [1.807, 2.05) is 0 Å². The lowest BCUT2D eigenvalue weighted by Crippen LogP contribution is -2.34. The fourth-order valence-electron chi connectivity index (χ4n) is 2.62. The molecule has 0 aromatic heterocycles. The van der Waals surface area contributed by atoms with Crippen molar-refractivity contribution in [3.05, 3.63) is 71.8 Å². The van der Waals surface area contributed by atoms with Crippen molar-refractivity contribution in [1.29, 1.82) is 0 Å². The Hall–Kier alpha value is -1.64. The van der Waals surface area contributed by atoms with Gasteiger partial charge in [0, 0.05) is 19.1 Å². The summed E-state index contributed by atoms with van der Waals surface area (Å²) >= 11 is 0. The molecular weight excluding hydrogens is 244 g/mol. The molecule has 0 fully saturated rings. The van der Waals surface area contributed by atoms with E-state index >= 15 is 0 Å². The number of hydrogen-bond acceptors (Lipinski definition) is 2. The lowest BCUT2D eigenvalue weighted by molar-refractivity contribution is 0.193. The summed E-state index contributed by atoms with van der Waals surface area (Å²) in [4.78, 5) is 2.48. The maximum absolute atomic E-state index is 6.05. The van der Waals surface area contributed by atoms with E-state index in [0.29, 0.717) is 6.54 Å². The average Bonchev–Trinajstić information content (AvgIpc) is 2.50. The van der Waals surface area contributed by atoms with Gasteiger partial charge < -0.3 is 5.73 Å². The highest BCUT2D eigenvalue weighted by molar-refractivity contribution is 5.21. The first-order valence-corrected chi connectivity index (χ1v) is 7.38. The van der Waals surface area contributed by atoms with E-state index in [9.17, 15) is 0 Å². The third-order valence-electron chi connectivity index (χ3n) is 3.59. The lowest BCUT2D eigenvalue weighted by Gasteiger charge is -2.31. The summed E-state index contributed by atoms with van der Waals surface area (Å²) in [5.41, 5.74) is 8.70. The lowest BCUT2D eigenvalue weighted by atomic mass is 10.0. The summed E-state index contributed by atoms with van der Waals surface area (Å²) in [6.07, 6.45) is 1.14. The zero-order chi connectivity index (χ0) is 14.2. The molecule has 0 aliphatic heterocycles. The molecule has 1 unspecified atom stereocenters. The summed E-state index contributed by atoms with van der Waals surface area (Å²) in [7, 11) is 0. The van der Waals surface area contributed by atoms with Crippen molar-refractivity contribution in [2.24, 2.45) is 5.73 Å². The van der Waals surface area contributed by atoms with Gasteiger partial charge in [0.15, 0.2) is 0 Å². The van der Waals surface area contributed by atoms with Crippen LogP contribution in [-0.2, 0) is 6.54 Å². The Balaban J connectivity index is 2.17. The van der Waals surface area contributed by atoms with Crippen LogP contribution in [0.4, 0.5) is 0 Å². The highest BCUT2D eigenvalue weighted by Gasteiger charge is 2.18. The zero-order valence-corrected chi connectivity index (χ0v) is 12.2. The maximum Gasteiger partial charge on any atom is 0.0473 e. The van der Waals surface area contributed by atoms with Gasteiger partial charge in [-0.25, -0.2) is 0 Å². The van der Waals surface area contributed by atoms with Crippen molar-refractivity contribution in [1.82, 2.24) is 4.90 Å². The Kier molecular flexibility index (Phi) is 5.78. The van der Waals surface area contributed by atoms with Crippen LogP contribution in [0.15, 0.2) is 60.7 Å². The highest BCUT2D eigenvalue weighted by atomic mass is 15.2. The van der Waals surface area contributed by atoms with Gasteiger partial charge in [0.2, 0.25) is 0 Å². The van der Waals surface area contributed by atoms with Gasteiger partial charge in [-0.2, -0.15) is 0 Å². The van der Waals surface area contributed by atoms with Crippen molar-refractivity contribution in [3.8, 4) is 0 Å². The molecule has 0 aliphatic carbocycles. The summed E-state index contributed by atoms with van der Waals surface area (Å²) < 4.78 is 0. The Morgan fingerprint density at radius 1 is 0.950 bits per heavy atom. The molecule has 0 spiro atoms. The molecule has 20 heavy (non-hydrogen) atoms. The number of rotatable bonds is 7. The van der Waals surface area contributed by atoms with Gasteiger partial charge in [-0.15, -0.1) is 0 Å². The molecule has 1 atom stereocenters. The van der Waals surface area contributed by atoms with E-state index in [1.165, 1.54) is 11.1 Å². The monoisotopic (exact) mass is 268 g/mol. The van der Waals surface area contributed by atoms with Crippen molar-refractivity contribution in [3.63, 3.8) is 0 Å². The minimum Gasteiger partial charge on any atom is -0.329 e. The second-order valence-electron chi connectivity index (χ2n) is 5.12. The Labute approximate surface area is 122 Å². The second-order valence-corrected chi connectivity index (χ2v) is 5.12. The fraction of sp³-hybridized carbons (Fsp3) is 0.333. The van der Waals surface area contributed by atoms with Crippen molar-refractivity contribution in [2.75, 3.05) is 13.1 Å². The predicted molar refractivity (Wildman–Crippen MR) is 85.4 cm³/mol. The molecule has 0 aliphatic rings. The fourth-order valence-corrected chi connectivity index (χ4v) is 2.62. The first-order chi connectivity index (χ1) is 9.85. The molecule has 2 nitrogen and oxygen atoms in total. The largest absolute Gasteiger partial charge is 0.329 e. The zero-order valence-electron chi connectivity index (χ0n) is 12.2. The van der Waals surface area contributed by atoms with Crippen LogP contribution < -0.4 is 5.73 Å². The van der Waals surface area contributed by atoms with Gasteiger partial charge >= 0.3 is 0 Å². The van der Waals surface area contributed by atoms with Gasteiger partial charge in [-0.1, -0.05) is 67.6 Å². The summed E-state index contributed by atoms with van der Waals surface area (Å²) in [5, 5.41) is 0. The second kappa shape index (κ2) is 7.83. The van der Waals surface area contributed by atoms with Crippen LogP contribution in [0.3, 0.4) is 0 Å². The first-order valence-electron chi connectivity index (χ1n) is 7.38. The SMILES string of the molecule is CCCN(Cc1ccccc1)C(CN)c1ccccc1. The molecule has 2 aromatic rings. The van der Waals surface area contributed by atoms with Crippen LogP contribution in [0.5, 0.6) is 0 Å². The maximum atomic E-state index is 6.05. The molecule has 0 radical (unpaired) electrons.